The Kier molecular flexibility index (Phi) is 57.2. The molecule has 38 atom stereocenters. The van der Waals surface area contributed by atoms with Gasteiger partial charge in [0.2, 0.25) is 23.6 Å². The second-order valence-electron chi connectivity index (χ2n) is 38.1. The molecule has 7 aliphatic heterocycles. The van der Waals surface area contributed by atoms with Gasteiger partial charge >= 0.3 is 5.97 Å². The van der Waals surface area contributed by atoms with Gasteiger partial charge in [0, 0.05) is 26.7 Å². The van der Waals surface area contributed by atoms with Crippen LogP contribution in [0.2, 0.25) is 0 Å². The van der Waals surface area contributed by atoms with Crippen molar-refractivity contribution in [2.45, 2.75) is 485 Å². The van der Waals surface area contributed by atoms with Gasteiger partial charge < -0.3 is 205 Å². The highest BCUT2D eigenvalue weighted by Gasteiger charge is 2.63. The first kappa shape index (κ1) is 123. The van der Waals surface area contributed by atoms with Gasteiger partial charge in [-0.1, -0.05) is 205 Å². The number of aliphatic carboxylic acids is 1. The molecule has 141 heavy (non-hydrogen) atoms. The third kappa shape index (κ3) is 37.5. The molecule has 0 saturated carbocycles. The van der Waals surface area contributed by atoms with Crippen LogP contribution >= 0.6 is 0 Å². The van der Waals surface area contributed by atoms with Crippen LogP contribution in [0.1, 0.15) is 252 Å². The van der Waals surface area contributed by atoms with Gasteiger partial charge in [0.15, 0.2) is 37.7 Å². The summed E-state index contributed by atoms with van der Waals surface area (Å²) in [7, 11) is 0. The third-order valence-electron chi connectivity index (χ3n) is 27.0. The highest BCUT2D eigenvalue weighted by atomic mass is 16.8. The van der Waals surface area contributed by atoms with Crippen molar-refractivity contribution < 1.29 is 208 Å². The Morgan fingerprint density at radius 2 is 0.738 bits per heavy atom. The molecule has 7 fully saturated rings. The van der Waals surface area contributed by atoms with Crippen LogP contribution in [0.5, 0.6) is 0 Å². The normalized spacial score (nSPS) is 35.7. The maximum Gasteiger partial charge on any atom is 0.364 e. The summed E-state index contributed by atoms with van der Waals surface area (Å²) < 4.78 is 83.1. The molecule has 0 aromatic carbocycles. The van der Waals surface area contributed by atoms with E-state index >= 15 is 0 Å². The predicted molar refractivity (Wildman–Crippen MR) is 493 cm³/mol. The van der Waals surface area contributed by atoms with E-state index in [-0.39, 0.29) is 12.3 Å². The Morgan fingerprint density at radius 1 is 0.376 bits per heavy atom. The van der Waals surface area contributed by atoms with Crippen LogP contribution in [-0.4, -0.2) is 439 Å². The summed E-state index contributed by atoms with van der Waals surface area (Å²) in [6.07, 6.45) is -24.0. The quantitative estimate of drug-likeness (QED) is 0.0209. The highest BCUT2D eigenvalue weighted by molar-refractivity contribution is 5.78. The molecule has 4 amide bonds. The second-order valence-corrected chi connectivity index (χ2v) is 38.1. The van der Waals surface area contributed by atoms with Crippen LogP contribution in [0, 0.1) is 0 Å². The first-order chi connectivity index (χ1) is 67.7. The zero-order valence-corrected chi connectivity index (χ0v) is 81.8. The lowest BCUT2D eigenvalue weighted by Gasteiger charge is -2.51. The summed E-state index contributed by atoms with van der Waals surface area (Å²) in [5.74, 6) is -8.95. The molecule has 7 heterocycles. The lowest BCUT2D eigenvalue weighted by atomic mass is 9.88. The summed E-state index contributed by atoms with van der Waals surface area (Å²) in [6.45, 7) is -3.31. The zero-order valence-electron chi connectivity index (χ0n) is 81.8. The number of carbonyl (C=O) groups is 5. The largest absolute Gasteiger partial charge is 0.477 e. The van der Waals surface area contributed by atoms with E-state index in [1.807, 2.05) is 6.08 Å². The summed E-state index contributed by atoms with van der Waals surface area (Å²) >= 11 is 0. The monoisotopic (exact) mass is 2040 g/mol. The topological polar surface area (TPSA) is 728 Å². The second kappa shape index (κ2) is 65.4. The van der Waals surface area contributed by atoms with E-state index in [2.05, 4.69) is 47.3 Å². The van der Waals surface area contributed by atoms with Crippen molar-refractivity contribution in [2.24, 2.45) is 0 Å². The molecule has 0 radical (unpaired) electrons. The average Bonchev–Trinajstić information content (AvgIpc) is 0.750. The lowest BCUT2D eigenvalue weighted by molar-refractivity contribution is -0.391. The van der Waals surface area contributed by atoms with E-state index in [1.165, 1.54) is 135 Å². The zero-order chi connectivity index (χ0) is 103. The van der Waals surface area contributed by atoms with E-state index in [1.54, 1.807) is 6.08 Å². The molecule has 27 N–H and O–H groups in total. The molecule has 820 valence electrons. The first-order valence-corrected chi connectivity index (χ1v) is 50.9. The number of aliphatic hydroxyl groups is 22. The number of aliphatic hydroxyl groups excluding tert-OH is 22. The number of amides is 4. The van der Waals surface area contributed by atoms with Crippen molar-refractivity contribution in [3.63, 3.8) is 0 Å². The van der Waals surface area contributed by atoms with E-state index in [9.17, 15) is 141 Å². The Bertz CT molecular complexity index is 3520. The molecule has 7 saturated heterocycles. The number of nitrogens with one attached hydrogen (secondary N) is 4. The van der Waals surface area contributed by atoms with E-state index in [0.717, 1.165) is 78.1 Å². The van der Waals surface area contributed by atoms with Gasteiger partial charge in [0.05, 0.1) is 77.1 Å². The minimum absolute atomic E-state index is 0.152. The van der Waals surface area contributed by atoms with Gasteiger partial charge in [-0.05, 0) is 44.9 Å². The van der Waals surface area contributed by atoms with Gasteiger partial charge in [0.25, 0.3) is 5.79 Å². The molecular weight excluding hydrogens is 1870 g/mol. The van der Waals surface area contributed by atoms with Crippen LogP contribution in [-0.2, 0) is 90.3 Å². The number of allylic oxidation sites excluding steroid dienone is 3. The standard InChI is InChI=1S/C95H168N4O42/c1-5-7-9-11-13-15-17-19-20-21-22-23-24-25-26-27-28-30-32-34-36-38-40-42-65(113)98-55(56(110)41-39-37-35-33-31-29-18-16-14-12-10-8-6-2)52-128-90-77(122)75(120)83(63(49-105)133-90)137-91-78(123)76(121)82(64(50-106)134-91)135-89-69(97-54(4)109)84(71(116)59(45-101)129-89)138-92-79(124)86(72(117)60(46-102)130-92)139-88-68(96-53(3)108)74(119)81(62(48-104)132-88)136-93-80(125)87(73(118)61(47-103)131-93)141-95(94(126)127)43-57(111)67(99-66(114)51-107)85(140-95)70(115)58(112)44-100/h19-20,39,41,55-64,67-93,100-107,110-112,115-125H,5-18,21-38,40,42-52H2,1-4H3,(H,96,108)(H,97,109)(H,98,113)(H,99,114)(H,126,127)/b20-19-,41-39+/t55-,56+,57?,58+,59?,60?,61?,62?,63?,64?,67+,68?,69?,70+,71-,72-,73-,74+,75+,76+,77?,78?,79?,80?,81+,82-,83+,84+,85?,86-,87-,88-,89-,90+,91-,92-,93-,95-/m0/s1. The number of carboxylic acids is 1. The molecule has 7 aliphatic rings. The Balaban J connectivity index is 0.976. The van der Waals surface area contributed by atoms with Crippen molar-refractivity contribution in [1.29, 1.82) is 0 Å². The van der Waals surface area contributed by atoms with Crippen LogP contribution < -0.4 is 21.3 Å². The molecule has 46 heteroatoms. The molecule has 0 aliphatic carbocycles. The summed E-state index contributed by atoms with van der Waals surface area (Å²) in [5.41, 5.74) is 0. The minimum atomic E-state index is -3.31. The lowest BCUT2D eigenvalue weighted by Crippen LogP contribution is -2.71. The average molecular weight is 2040 g/mol. The van der Waals surface area contributed by atoms with Crippen molar-refractivity contribution in [2.75, 3.05) is 59.5 Å². The highest BCUT2D eigenvalue weighted by Crippen LogP contribution is 2.42. The summed E-state index contributed by atoms with van der Waals surface area (Å²) in [4.78, 5) is 65.5. The molecule has 14 unspecified atom stereocenters. The van der Waals surface area contributed by atoms with Crippen LogP contribution in [0.25, 0.3) is 0 Å². The van der Waals surface area contributed by atoms with Crippen LogP contribution in [0.3, 0.4) is 0 Å². The van der Waals surface area contributed by atoms with Crippen LogP contribution in [0.15, 0.2) is 24.3 Å². The van der Waals surface area contributed by atoms with Crippen molar-refractivity contribution in [3.05, 3.63) is 24.3 Å². The maximum atomic E-state index is 13.6. The predicted octanol–water partition coefficient (Wildman–Crippen LogP) is -3.38. The number of ether oxygens (including phenoxy) is 14. The number of hydrogen-bond acceptors (Lipinski definition) is 41. The first-order valence-electron chi connectivity index (χ1n) is 50.9. The Morgan fingerprint density at radius 3 is 1.19 bits per heavy atom. The Labute approximate surface area is 823 Å². The summed E-state index contributed by atoms with van der Waals surface area (Å²) in [6, 6.07) is -6.86. The number of rotatable bonds is 67. The molecule has 0 aromatic rings. The number of carbonyl (C=O) groups excluding carboxylic acids is 4. The van der Waals surface area contributed by atoms with E-state index < -0.39 is 322 Å². The van der Waals surface area contributed by atoms with E-state index in [4.69, 9.17) is 66.3 Å². The fraction of sp³-hybridized carbons (Fsp3) is 0.905. The third-order valence-corrected chi connectivity index (χ3v) is 27.0. The molecule has 7 rings (SSSR count). The van der Waals surface area contributed by atoms with Gasteiger partial charge in [-0.15, -0.1) is 0 Å². The van der Waals surface area contributed by atoms with Gasteiger partial charge in [-0.3, -0.25) is 19.2 Å². The smallest absolute Gasteiger partial charge is 0.364 e. The van der Waals surface area contributed by atoms with Gasteiger partial charge in [-0.2, -0.15) is 0 Å². The minimum Gasteiger partial charge on any atom is -0.477 e. The maximum absolute atomic E-state index is 13.6. The van der Waals surface area contributed by atoms with Crippen molar-refractivity contribution in [3.8, 4) is 0 Å². The molecule has 0 bridgehead atoms. The number of carboxylic acid groups (broad SMARTS) is 1. The number of hydrogen-bond donors (Lipinski definition) is 27. The van der Waals surface area contributed by atoms with Crippen LogP contribution in [0.4, 0.5) is 0 Å². The van der Waals surface area contributed by atoms with Crippen molar-refractivity contribution in [1.82, 2.24) is 21.3 Å². The molecule has 0 spiro atoms. The fourth-order valence-electron chi connectivity index (χ4n) is 18.8. The van der Waals surface area contributed by atoms with E-state index in [0.29, 0.717) is 12.8 Å². The Hall–Kier alpha value is -4.61. The fourth-order valence-corrected chi connectivity index (χ4v) is 18.8. The molecular formula is C95H168N4O42. The van der Waals surface area contributed by atoms with Gasteiger partial charge in [0.1, 0.15) is 171 Å². The molecule has 0 aromatic heterocycles. The van der Waals surface area contributed by atoms with Crippen molar-refractivity contribution >= 4 is 29.6 Å². The number of unbranched alkanes of at least 4 members (excludes halogenated alkanes) is 30. The molecule has 46 nitrogen and oxygen atoms in total. The SMILES string of the molecule is CCCCCCCC/C=C\CCCCCCCCCCCCCCCC(=O)N[C@@H](CO[C@@H]1OC(CO)[C@@H](O[C@@H]2OC(CO)[C@H](O[C@@H]3OC(CO)[C@H](O)[C@H](O[C@@H]4OC(CO)[C@H](O)[C@H](O[C@@H]5OC(CO)[C@@H](O[C@@H]6OC(CO)[C@H](O)[C@H](O[C@]7(C(=O)O)CC(O)[C@@H](NC(=O)CO)C([C@H](O)[C@H](O)CO)O7)C6O)[C@H](O)C5NC(C)=O)C4O)C3NC(C)=O)[C@H](O)C2O)[C@H](O)C1O)[C@H](O)/C=C/CCCCCCCCCCCCC. The summed E-state index contributed by atoms with van der Waals surface area (Å²) in [5, 5.41) is 267. The van der Waals surface area contributed by atoms with Gasteiger partial charge in [-0.25, -0.2) is 4.79 Å².